The normalized spacial score (nSPS) is 12.8. The van der Waals surface area contributed by atoms with Gasteiger partial charge in [0.1, 0.15) is 18.8 Å². The lowest BCUT2D eigenvalue weighted by Crippen LogP contribution is -2.16. The molecule has 6 heteroatoms. The molecule has 1 aliphatic rings. The topological polar surface area (TPSA) is 77.8 Å². The zero-order valence-corrected chi connectivity index (χ0v) is 17.0. The van der Waals surface area contributed by atoms with Crippen LogP contribution in [0.4, 0.5) is 5.69 Å². The summed E-state index contributed by atoms with van der Waals surface area (Å²) in [5.41, 5.74) is 2.12. The van der Waals surface area contributed by atoms with E-state index in [0.29, 0.717) is 46.9 Å². The Morgan fingerprint density at radius 3 is 2.44 bits per heavy atom. The second-order valence-corrected chi connectivity index (χ2v) is 7.22. The summed E-state index contributed by atoms with van der Waals surface area (Å²) in [4.78, 5) is 26.0. The van der Waals surface area contributed by atoms with Gasteiger partial charge >= 0.3 is 0 Å². The van der Waals surface area contributed by atoms with Crippen molar-refractivity contribution < 1.29 is 23.5 Å². The van der Waals surface area contributed by atoms with E-state index in [1.54, 1.807) is 36.4 Å². The molecule has 2 heterocycles. The van der Waals surface area contributed by atoms with Crippen LogP contribution in [0.2, 0.25) is 0 Å². The van der Waals surface area contributed by atoms with Gasteiger partial charge in [0.2, 0.25) is 11.7 Å². The molecule has 5 rings (SSSR count). The summed E-state index contributed by atoms with van der Waals surface area (Å²) in [6.07, 6.45) is 3.13. The molecule has 1 aliphatic heterocycles. The number of carbonyl (C=O) groups excluding carboxylic acids is 2. The molecule has 0 fully saturated rings. The van der Waals surface area contributed by atoms with Crippen molar-refractivity contribution in [1.82, 2.24) is 0 Å². The van der Waals surface area contributed by atoms with Gasteiger partial charge in [-0.2, -0.15) is 0 Å². The number of hydrogen-bond acceptors (Lipinski definition) is 5. The second kappa shape index (κ2) is 8.43. The van der Waals surface area contributed by atoms with Crippen LogP contribution in [-0.2, 0) is 4.79 Å². The van der Waals surface area contributed by atoms with E-state index >= 15 is 0 Å². The smallest absolute Gasteiger partial charge is 0.248 e. The standard InChI is InChI=1S/C26H19NO5/c28-23(13-10-17-6-2-1-3-7-17)27-24-19-8-4-5-9-20(19)32-26(24)25(29)18-11-12-21-22(16-18)31-15-14-30-21/h1-13,16H,14-15H2,(H,27,28)/b13-10+. The van der Waals surface area contributed by atoms with Gasteiger partial charge in [-0.05, 0) is 42.0 Å². The highest BCUT2D eigenvalue weighted by molar-refractivity contribution is 6.18. The highest BCUT2D eigenvalue weighted by Gasteiger charge is 2.24. The van der Waals surface area contributed by atoms with Crippen molar-refractivity contribution in [2.45, 2.75) is 0 Å². The molecule has 4 aromatic rings. The van der Waals surface area contributed by atoms with E-state index in [-0.39, 0.29) is 17.5 Å². The first-order chi connectivity index (χ1) is 15.7. The van der Waals surface area contributed by atoms with Crippen molar-refractivity contribution in [3.05, 3.63) is 95.8 Å². The van der Waals surface area contributed by atoms with Crippen LogP contribution in [0.25, 0.3) is 17.0 Å². The van der Waals surface area contributed by atoms with Crippen molar-refractivity contribution in [2.75, 3.05) is 18.5 Å². The SMILES string of the molecule is O=C(/C=C/c1ccccc1)Nc1c(C(=O)c2ccc3c(c2)OCCO3)oc2ccccc12. The number of amides is 1. The van der Waals surface area contributed by atoms with Crippen LogP contribution >= 0.6 is 0 Å². The zero-order chi connectivity index (χ0) is 21.9. The van der Waals surface area contributed by atoms with Crippen molar-refractivity contribution in [2.24, 2.45) is 0 Å². The van der Waals surface area contributed by atoms with Crippen LogP contribution in [0.15, 0.2) is 83.3 Å². The number of nitrogens with one attached hydrogen (secondary N) is 1. The molecule has 0 saturated carbocycles. The summed E-state index contributed by atoms with van der Waals surface area (Å²) < 4.78 is 17.0. The van der Waals surface area contributed by atoms with Crippen LogP contribution in [0, 0.1) is 0 Å². The summed E-state index contributed by atoms with van der Waals surface area (Å²) in [7, 11) is 0. The van der Waals surface area contributed by atoms with Gasteiger partial charge in [0.25, 0.3) is 0 Å². The maximum absolute atomic E-state index is 13.3. The molecule has 0 radical (unpaired) electrons. The van der Waals surface area contributed by atoms with Gasteiger partial charge in [-0.15, -0.1) is 0 Å². The monoisotopic (exact) mass is 425 g/mol. The molecular formula is C26H19NO5. The van der Waals surface area contributed by atoms with Gasteiger partial charge in [0, 0.05) is 17.0 Å². The predicted molar refractivity (Wildman–Crippen MR) is 121 cm³/mol. The van der Waals surface area contributed by atoms with Crippen LogP contribution in [0.3, 0.4) is 0 Å². The maximum Gasteiger partial charge on any atom is 0.248 e. The lowest BCUT2D eigenvalue weighted by atomic mass is 10.1. The Morgan fingerprint density at radius 1 is 0.844 bits per heavy atom. The van der Waals surface area contributed by atoms with Gasteiger partial charge in [0.05, 0.1) is 5.69 Å². The Morgan fingerprint density at radius 2 is 1.59 bits per heavy atom. The highest BCUT2D eigenvalue weighted by atomic mass is 16.6. The quantitative estimate of drug-likeness (QED) is 0.356. The number of rotatable bonds is 5. The summed E-state index contributed by atoms with van der Waals surface area (Å²) >= 11 is 0. The molecule has 0 bridgehead atoms. The highest BCUT2D eigenvalue weighted by Crippen LogP contribution is 2.35. The Hall–Kier alpha value is -4.32. The molecular weight excluding hydrogens is 406 g/mol. The number of hydrogen-bond donors (Lipinski definition) is 1. The predicted octanol–water partition coefficient (Wildman–Crippen LogP) is 5.09. The first kappa shape index (κ1) is 19.6. The van der Waals surface area contributed by atoms with Crippen LogP contribution in [0.5, 0.6) is 11.5 Å². The first-order valence-corrected chi connectivity index (χ1v) is 10.2. The summed E-state index contributed by atoms with van der Waals surface area (Å²) in [6, 6.07) is 21.7. The number of furan rings is 1. The first-order valence-electron chi connectivity index (χ1n) is 10.2. The summed E-state index contributed by atoms with van der Waals surface area (Å²) in [6.45, 7) is 0.890. The maximum atomic E-state index is 13.3. The van der Waals surface area contributed by atoms with E-state index in [4.69, 9.17) is 13.9 Å². The molecule has 6 nitrogen and oxygen atoms in total. The molecule has 0 saturated heterocycles. The molecule has 1 aromatic heterocycles. The molecule has 1 N–H and O–H groups in total. The number of ketones is 1. The number of para-hydroxylation sites is 1. The van der Waals surface area contributed by atoms with E-state index in [1.807, 2.05) is 42.5 Å². The van der Waals surface area contributed by atoms with Gasteiger partial charge < -0.3 is 19.2 Å². The molecule has 32 heavy (non-hydrogen) atoms. The Bertz CT molecular complexity index is 1340. The van der Waals surface area contributed by atoms with E-state index in [0.717, 1.165) is 5.56 Å². The third-order valence-electron chi connectivity index (χ3n) is 5.08. The van der Waals surface area contributed by atoms with Gasteiger partial charge in [0.15, 0.2) is 17.3 Å². The third-order valence-corrected chi connectivity index (χ3v) is 5.08. The Labute approximate surface area is 184 Å². The largest absolute Gasteiger partial charge is 0.486 e. The minimum atomic E-state index is -0.364. The number of ether oxygens (including phenoxy) is 2. The van der Waals surface area contributed by atoms with Crippen molar-refractivity contribution in [3.63, 3.8) is 0 Å². The molecule has 0 aliphatic carbocycles. The molecule has 0 atom stereocenters. The third kappa shape index (κ3) is 3.86. The number of benzene rings is 3. The van der Waals surface area contributed by atoms with Crippen LogP contribution < -0.4 is 14.8 Å². The van der Waals surface area contributed by atoms with Crippen molar-refractivity contribution in [3.8, 4) is 11.5 Å². The average Bonchev–Trinajstić information content (AvgIpc) is 3.21. The van der Waals surface area contributed by atoms with Crippen LogP contribution in [0.1, 0.15) is 21.7 Å². The summed E-state index contributed by atoms with van der Waals surface area (Å²) in [5, 5.41) is 3.47. The molecule has 3 aromatic carbocycles. The number of anilines is 1. The van der Waals surface area contributed by atoms with Gasteiger partial charge in [-0.3, -0.25) is 9.59 Å². The fraction of sp³-hybridized carbons (Fsp3) is 0.0769. The fourth-order valence-corrected chi connectivity index (χ4v) is 3.55. The lowest BCUT2D eigenvalue weighted by Gasteiger charge is -2.18. The van der Waals surface area contributed by atoms with E-state index in [1.165, 1.54) is 6.08 Å². The van der Waals surface area contributed by atoms with Crippen molar-refractivity contribution >= 4 is 34.4 Å². The number of fused-ring (bicyclic) bond motifs is 2. The molecule has 0 unspecified atom stereocenters. The van der Waals surface area contributed by atoms with Crippen LogP contribution in [-0.4, -0.2) is 24.9 Å². The Kier molecular flexibility index (Phi) is 5.17. The van der Waals surface area contributed by atoms with Crippen molar-refractivity contribution in [1.29, 1.82) is 0 Å². The van der Waals surface area contributed by atoms with E-state index in [2.05, 4.69) is 5.32 Å². The van der Waals surface area contributed by atoms with Gasteiger partial charge in [-0.25, -0.2) is 0 Å². The number of carbonyl (C=O) groups is 2. The molecule has 0 spiro atoms. The van der Waals surface area contributed by atoms with E-state index < -0.39 is 0 Å². The second-order valence-electron chi connectivity index (χ2n) is 7.22. The Balaban J connectivity index is 1.48. The van der Waals surface area contributed by atoms with E-state index in [9.17, 15) is 9.59 Å². The summed E-state index contributed by atoms with van der Waals surface area (Å²) in [5.74, 6) is 0.438. The zero-order valence-electron chi connectivity index (χ0n) is 17.0. The van der Waals surface area contributed by atoms with Gasteiger partial charge in [-0.1, -0.05) is 42.5 Å². The average molecular weight is 425 g/mol. The minimum absolute atomic E-state index is 0.0596. The fourth-order valence-electron chi connectivity index (χ4n) is 3.55. The molecule has 1 amide bonds. The molecule has 158 valence electrons. The minimum Gasteiger partial charge on any atom is -0.486 e. The lowest BCUT2D eigenvalue weighted by molar-refractivity contribution is -0.111.